The number of halogens is 1. The first kappa shape index (κ1) is 15.6. The van der Waals surface area contributed by atoms with E-state index in [9.17, 15) is 14.3 Å². The van der Waals surface area contributed by atoms with Gasteiger partial charge in [0.15, 0.2) is 5.75 Å². The molecule has 0 aliphatic carbocycles. The Bertz CT molecular complexity index is 981. The summed E-state index contributed by atoms with van der Waals surface area (Å²) >= 11 is 0. The molecule has 1 aromatic heterocycles. The number of benzene rings is 2. The number of hydrogen-bond donors (Lipinski definition) is 3. The van der Waals surface area contributed by atoms with Gasteiger partial charge in [0, 0.05) is 12.6 Å². The number of aromatic nitrogens is 1. The van der Waals surface area contributed by atoms with Gasteiger partial charge in [-0.25, -0.2) is 14.8 Å². The van der Waals surface area contributed by atoms with Crippen LogP contribution in [-0.2, 0) is 0 Å². The molecular weight excluding hydrogens is 321 g/mol. The first-order valence-electron chi connectivity index (χ1n) is 7.84. The van der Waals surface area contributed by atoms with E-state index in [1.807, 2.05) is 36.3 Å². The fourth-order valence-electron chi connectivity index (χ4n) is 2.89. The Morgan fingerprint density at radius 3 is 2.24 bits per heavy atom. The van der Waals surface area contributed by atoms with Crippen LogP contribution in [0.25, 0.3) is 22.4 Å². The number of pyridine rings is 1. The van der Waals surface area contributed by atoms with Gasteiger partial charge in [-0.1, -0.05) is 24.3 Å². The van der Waals surface area contributed by atoms with E-state index >= 15 is 0 Å². The van der Waals surface area contributed by atoms with E-state index in [0.717, 1.165) is 11.1 Å². The lowest BCUT2D eigenvalue weighted by molar-refractivity contribution is 0.467. The number of nitrogens with zero attached hydrogens (tertiary/aromatic N) is 1. The first-order valence-corrected chi connectivity index (χ1v) is 7.84. The van der Waals surface area contributed by atoms with Crippen molar-refractivity contribution in [3.63, 3.8) is 0 Å². The molecule has 1 aliphatic rings. The average Bonchev–Trinajstić information content (AvgIpc) is 3.35. The Labute approximate surface area is 143 Å². The van der Waals surface area contributed by atoms with Crippen molar-refractivity contribution in [1.82, 2.24) is 15.4 Å². The zero-order valence-corrected chi connectivity index (χ0v) is 13.5. The van der Waals surface area contributed by atoms with Crippen LogP contribution >= 0.6 is 0 Å². The smallest absolute Gasteiger partial charge is 0.290 e. The zero-order chi connectivity index (χ0) is 17.6. The molecule has 2 heterocycles. The van der Waals surface area contributed by atoms with Crippen LogP contribution in [-0.4, -0.2) is 22.1 Å². The Hall–Kier alpha value is -2.96. The summed E-state index contributed by atoms with van der Waals surface area (Å²) in [6, 6.07) is 15.2. The molecule has 3 N–H and O–H groups in total. The minimum Gasteiger partial charge on any atom is -0.503 e. The van der Waals surface area contributed by atoms with Crippen LogP contribution in [0, 0.1) is 5.82 Å². The van der Waals surface area contributed by atoms with E-state index in [2.05, 4.69) is 10.4 Å². The van der Waals surface area contributed by atoms with Crippen molar-refractivity contribution in [1.29, 1.82) is 0 Å². The molecular formula is C19H16FN3O2. The van der Waals surface area contributed by atoms with Gasteiger partial charge in [-0.3, -0.25) is 4.79 Å². The number of H-pyrrole nitrogens is 1. The van der Waals surface area contributed by atoms with Crippen molar-refractivity contribution >= 4 is 0 Å². The second kappa shape index (κ2) is 5.84. The zero-order valence-electron chi connectivity index (χ0n) is 13.5. The molecule has 1 fully saturated rings. The van der Waals surface area contributed by atoms with Crippen molar-refractivity contribution < 1.29 is 9.50 Å². The van der Waals surface area contributed by atoms with Gasteiger partial charge in [0.25, 0.3) is 5.56 Å². The number of rotatable bonds is 3. The molecule has 2 unspecified atom stereocenters. The van der Waals surface area contributed by atoms with Gasteiger partial charge in [-0.2, -0.15) is 0 Å². The summed E-state index contributed by atoms with van der Waals surface area (Å²) < 4.78 is 13.2. The fraction of sp³-hybridized carbons (Fsp3) is 0.105. The molecule has 0 radical (unpaired) electrons. The highest BCUT2D eigenvalue weighted by Gasteiger charge is 2.30. The predicted molar refractivity (Wildman–Crippen MR) is 93.2 cm³/mol. The number of hydrogen-bond acceptors (Lipinski definition) is 4. The molecule has 1 aliphatic heterocycles. The van der Waals surface area contributed by atoms with Crippen molar-refractivity contribution in [2.24, 2.45) is 0 Å². The monoisotopic (exact) mass is 337 g/mol. The lowest BCUT2D eigenvalue weighted by Gasteiger charge is -2.11. The molecule has 0 bridgehead atoms. The summed E-state index contributed by atoms with van der Waals surface area (Å²) in [5.41, 5.74) is 6.45. The predicted octanol–water partition coefficient (Wildman–Crippen LogP) is 3.00. The molecule has 6 heteroatoms. The highest BCUT2D eigenvalue weighted by atomic mass is 19.1. The molecule has 0 saturated carbocycles. The summed E-state index contributed by atoms with van der Waals surface area (Å²) in [5.74, 6) is -0.703. The van der Waals surface area contributed by atoms with E-state index in [-0.39, 0.29) is 17.7 Å². The molecule has 2 atom stereocenters. The van der Waals surface area contributed by atoms with Crippen molar-refractivity contribution in [2.75, 3.05) is 7.05 Å². The third-order valence-electron chi connectivity index (χ3n) is 4.34. The summed E-state index contributed by atoms with van der Waals surface area (Å²) in [6.07, 6.45) is 0.217. The lowest BCUT2D eigenvalue weighted by Crippen LogP contribution is -2.07. The molecule has 0 spiro atoms. The topological polar surface area (TPSA) is 78.0 Å². The maximum Gasteiger partial charge on any atom is 0.290 e. The average molecular weight is 337 g/mol. The molecule has 3 aromatic rings. The van der Waals surface area contributed by atoms with Gasteiger partial charge >= 0.3 is 0 Å². The number of aromatic hydroxyl groups is 1. The van der Waals surface area contributed by atoms with Gasteiger partial charge in [0.1, 0.15) is 12.0 Å². The number of aromatic amines is 1. The second-order valence-corrected chi connectivity index (χ2v) is 6.04. The van der Waals surface area contributed by atoms with Crippen LogP contribution in [0.5, 0.6) is 5.75 Å². The third-order valence-corrected chi connectivity index (χ3v) is 4.34. The molecule has 126 valence electrons. The molecule has 0 amide bonds. The Morgan fingerprint density at radius 1 is 1.04 bits per heavy atom. The Morgan fingerprint density at radius 2 is 1.64 bits per heavy atom. The van der Waals surface area contributed by atoms with E-state index in [1.165, 1.54) is 18.2 Å². The lowest BCUT2D eigenvalue weighted by atomic mass is 9.98. The van der Waals surface area contributed by atoms with E-state index in [1.54, 1.807) is 12.1 Å². The molecule has 5 nitrogen and oxygen atoms in total. The Kier molecular flexibility index (Phi) is 3.63. The standard InChI is InChI=1S/C19H16FN3O2/c1-23-18(22-23)13-4-2-11(3-5-13)15-10-16(24)19(25)21-17(15)12-6-8-14(20)9-7-12/h2-10,18,22,24H,1H3,(H,21,25). The largest absolute Gasteiger partial charge is 0.503 e. The summed E-state index contributed by atoms with van der Waals surface area (Å²) in [7, 11) is 1.96. The van der Waals surface area contributed by atoms with E-state index < -0.39 is 5.56 Å². The van der Waals surface area contributed by atoms with Crippen LogP contribution in [0.4, 0.5) is 4.39 Å². The van der Waals surface area contributed by atoms with Gasteiger partial charge in [-0.05, 0) is 47.0 Å². The van der Waals surface area contributed by atoms with Gasteiger partial charge in [-0.15, -0.1) is 0 Å². The maximum atomic E-state index is 13.2. The van der Waals surface area contributed by atoms with Crippen molar-refractivity contribution in [3.05, 3.63) is 76.3 Å². The van der Waals surface area contributed by atoms with Crippen LogP contribution in [0.15, 0.2) is 59.4 Å². The van der Waals surface area contributed by atoms with Gasteiger partial charge < -0.3 is 10.1 Å². The minimum atomic E-state index is -0.580. The summed E-state index contributed by atoms with van der Waals surface area (Å²) in [4.78, 5) is 14.5. The van der Waals surface area contributed by atoms with Crippen molar-refractivity contribution in [3.8, 4) is 28.1 Å². The van der Waals surface area contributed by atoms with E-state index in [0.29, 0.717) is 16.8 Å². The molecule has 1 saturated heterocycles. The van der Waals surface area contributed by atoms with Crippen molar-refractivity contribution in [2.45, 2.75) is 6.17 Å². The fourth-order valence-corrected chi connectivity index (χ4v) is 2.89. The highest BCUT2D eigenvalue weighted by molar-refractivity contribution is 5.81. The van der Waals surface area contributed by atoms with Crippen LogP contribution in [0.3, 0.4) is 0 Å². The quantitative estimate of drug-likeness (QED) is 0.642. The van der Waals surface area contributed by atoms with Gasteiger partial charge in [0.05, 0.1) is 5.69 Å². The molecule has 2 aromatic carbocycles. The normalized spacial score (nSPS) is 19.0. The number of hydrazine groups is 1. The SMILES string of the molecule is CN1NC1c1ccc(-c2cc(O)c(=O)[nH]c2-c2ccc(F)cc2)cc1. The van der Waals surface area contributed by atoms with Crippen LogP contribution < -0.4 is 11.0 Å². The minimum absolute atomic E-state index is 0.217. The summed E-state index contributed by atoms with van der Waals surface area (Å²) in [6.45, 7) is 0. The molecule has 25 heavy (non-hydrogen) atoms. The third kappa shape index (κ3) is 2.93. The number of nitrogens with one attached hydrogen (secondary N) is 2. The maximum absolute atomic E-state index is 13.2. The Balaban J connectivity index is 1.81. The van der Waals surface area contributed by atoms with E-state index in [4.69, 9.17) is 0 Å². The van der Waals surface area contributed by atoms with Crippen LogP contribution in [0.1, 0.15) is 11.7 Å². The molecule has 4 rings (SSSR count). The van der Waals surface area contributed by atoms with Crippen LogP contribution in [0.2, 0.25) is 0 Å². The first-order chi connectivity index (χ1) is 12.0. The van der Waals surface area contributed by atoms with Gasteiger partial charge in [0.2, 0.25) is 0 Å². The second-order valence-electron chi connectivity index (χ2n) is 6.04. The summed E-state index contributed by atoms with van der Waals surface area (Å²) in [5, 5.41) is 11.8. The highest BCUT2D eigenvalue weighted by Crippen LogP contribution is 2.33.